The Morgan fingerprint density at radius 2 is 1.89 bits per heavy atom. The fourth-order valence-electron chi connectivity index (χ4n) is 3.87. The molecule has 1 aliphatic heterocycles. The van der Waals surface area contributed by atoms with Crippen LogP contribution < -0.4 is 9.62 Å². The Kier molecular flexibility index (Phi) is 4.41. The number of carbonyl (C=O) groups is 1. The number of anilines is 1. The van der Waals surface area contributed by atoms with Crippen LogP contribution in [0.15, 0.2) is 28.8 Å². The van der Waals surface area contributed by atoms with E-state index in [1.54, 1.807) is 31.2 Å². The molecule has 1 aromatic carbocycles. The molecule has 0 spiro atoms. The summed E-state index contributed by atoms with van der Waals surface area (Å²) in [4.78, 5) is 17.1. The third kappa shape index (κ3) is 3.31. The molecule has 1 saturated heterocycles. The summed E-state index contributed by atoms with van der Waals surface area (Å²) in [6.45, 7) is 2.21. The van der Waals surface area contributed by atoms with Crippen LogP contribution in [0.25, 0.3) is 0 Å². The molecule has 0 radical (unpaired) electrons. The van der Waals surface area contributed by atoms with Gasteiger partial charge in [-0.1, -0.05) is 18.0 Å². The number of nitrogens with zero attached hydrogens (tertiary/aromatic N) is 3. The van der Waals surface area contributed by atoms with Crippen molar-refractivity contribution in [2.75, 3.05) is 16.6 Å². The highest BCUT2D eigenvalue weighted by molar-refractivity contribution is 7.93. The van der Waals surface area contributed by atoms with Crippen LogP contribution in [-0.2, 0) is 15.6 Å². The van der Waals surface area contributed by atoms with Crippen LogP contribution in [0, 0.1) is 6.92 Å². The number of hydrogen-bond donors (Lipinski definition) is 1. The summed E-state index contributed by atoms with van der Waals surface area (Å²) in [6, 6.07) is 6.67. The summed E-state index contributed by atoms with van der Waals surface area (Å²) in [5.74, 6) is 0.935. The molecule has 0 unspecified atom stereocenters. The van der Waals surface area contributed by atoms with E-state index in [1.807, 2.05) is 0 Å². The highest BCUT2D eigenvalue weighted by Crippen LogP contribution is 2.37. The number of nitrogens with one attached hydrogen (secondary N) is 1. The maximum atomic E-state index is 12.8. The predicted octanol–water partition coefficient (Wildman–Crippen LogP) is 2.12. The molecule has 1 amide bonds. The molecule has 1 N–H and O–H groups in total. The molecule has 27 heavy (non-hydrogen) atoms. The van der Waals surface area contributed by atoms with Gasteiger partial charge < -0.3 is 9.84 Å². The van der Waals surface area contributed by atoms with Gasteiger partial charge in [-0.05, 0) is 43.5 Å². The van der Waals surface area contributed by atoms with Gasteiger partial charge in [-0.25, -0.2) is 8.42 Å². The highest BCUT2D eigenvalue weighted by Gasteiger charge is 2.41. The van der Waals surface area contributed by atoms with Crippen molar-refractivity contribution in [1.29, 1.82) is 0 Å². The van der Waals surface area contributed by atoms with E-state index in [1.165, 1.54) is 4.31 Å². The van der Waals surface area contributed by atoms with Crippen molar-refractivity contribution in [2.24, 2.45) is 0 Å². The van der Waals surface area contributed by atoms with Crippen molar-refractivity contribution >= 4 is 21.6 Å². The fourth-order valence-corrected chi connectivity index (χ4v) is 5.44. The molecular weight excluding hydrogens is 368 g/mol. The first-order valence-electron chi connectivity index (χ1n) is 9.13. The number of sulfonamides is 1. The Bertz CT molecular complexity index is 946. The van der Waals surface area contributed by atoms with Crippen molar-refractivity contribution < 1.29 is 17.7 Å². The van der Waals surface area contributed by atoms with E-state index in [-0.39, 0.29) is 11.7 Å². The number of aryl methyl sites for hydroxylation is 1. The molecule has 1 aliphatic carbocycles. The second-order valence-electron chi connectivity index (χ2n) is 7.17. The van der Waals surface area contributed by atoms with Crippen LogP contribution in [0.5, 0.6) is 0 Å². The molecule has 0 bridgehead atoms. The van der Waals surface area contributed by atoms with Crippen LogP contribution in [0.3, 0.4) is 0 Å². The minimum atomic E-state index is -3.23. The number of amides is 1. The first-order chi connectivity index (χ1) is 12.9. The lowest BCUT2D eigenvalue weighted by Crippen LogP contribution is -2.44. The van der Waals surface area contributed by atoms with Gasteiger partial charge in [0.25, 0.3) is 5.91 Å². The van der Waals surface area contributed by atoms with E-state index < -0.39 is 15.6 Å². The van der Waals surface area contributed by atoms with Crippen molar-refractivity contribution in [3.05, 3.63) is 41.5 Å². The van der Waals surface area contributed by atoms with Crippen LogP contribution in [-0.4, -0.2) is 36.8 Å². The van der Waals surface area contributed by atoms with Crippen molar-refractivity contribution in [2.45, 2.75) is 44.6 Å². The fraction of sp³-hybridized carbons (Fsp3) is 0.500. The normalized spacial score (nSPS) is 20.7. The van der Waals surface area contributed by atoms with Gasteiger partial charge in [0.05, 0.1) is 11.4 Å². The zero-order chi connectivity index (χ0) is 19.1. The van der Waals surface area contributed by atoms with Gasteiger partial charge in [0.15, 0.2) is 5.82 Å². The second kappa shape index (κ2) is 6.63. The standard InChI is InChI=1S/C18H22N4O4S/c1-13-19-17(21-26-13)18(9-2-3-10-18)20-16(23)14-5-7-15(8-6-14)22-11-4-12-27(22,24)25/h5-8H,2-4,9-12H2,1H3,(H,20,23). The van der Waals surface area contributed by atoms with Crippen LogP contribution in [0.2, 0.25) is 0 Å². The number of aromatic nitrogens is 2. The van der Waals surface area contributed by atoms with Gasteiger partial charge in [-0.3, -0.25) is 9.10 Å². The van der Waals surface area contributed by atoms with Crippen LogP contribution >= 0.6 is 0 Å². The summed E-state index contributed by atoms with van der Waals surface area (Å²) in [5, 5.41) is 7.11. The van der Waals surface area contributed by atoms with E-state index in [9.17, 15) is 13.2 Å². The summed E-state index contributed by atoms with van der Waals surface area (Å²) in [5.41, 5.74) is 0.460. The molecule has 0 atom stereocenters. The maximum absolute atomic E-state index is 12.8. The van der Waals surface area contributed by atoms with Gasteiger partial charge >= 0.3 is 0 Å². The zero-order valence-electron chi connectivity index (χ0n) is 15.1. The van der Waals surface area contributed by atoms with E-state index in [4.69, 9.17) is 4.52 Å². The van der Waals surface area contributed by atoms with Crippen LogP contribution in [0.4, 0.5) is 5.69 Å². The van der Waals surface area contributed by atoms with Crippen molar-refractivity contribution in [3.8, 4) is 0 Å². The minimum Gasteiger partial charge on any atom is -0.340 e. The molecule has 2 fully saturated rings. The summed E-state index contributed by atoms with van der Waals surface area (Å²) < 4.78 is 30.6. The Hall–Kier alpha value is -2.42. The average molecular weight is 390 g/mol. The monoisotopic (exact) mass is 390 g/mol. The van der Waals surface area contributed by atoms with Gasteiger partial charge in [-0.2, -0.15) is 4.98 Å². The Labute approximate surface area is 158 Å². The third-order valence-corrected chi connectivity index (χ3v) is 7.15. The Morgan fingerprint density at radius 1 is 1.19 bits per heavy atom. The molecule has 9 heteroatoms. The first-order valence-corrected chi connectivity index (χ1v) is 10.7. The molecule has 4 rings (SSSR count). The van der Waals surface area contributed by atoms with Gasteiger partial charge in [0.1, 0.15) is 5.54 Å². The number of hydrogen-bond acceptors (Lipinski definition) is 6. The molecule has 2 aromatic rings. The highest BCUT2D eigenvalue weighted by atomic mass is 32.2. The molecule has 2 aliphatic rings. The molecule has 1 aromatic heterocycles. The van der Waals surface area contributed by atoms with E-state index in [0.717, 1.165) is 25.7 Å². The first kappa shape index (κ1) is 18.0. The van der Waals surface area contributed by atoms with E-state index >= 15 is 0 Å². The van der Waals surface area contributed by atoms with E-state index in [0.29, 0.717) is 35.9 Å². The van der Waals surface area contributed by atoms with Crippen LogP contribution in [0.1, 0.15) is 54.2 Å². The second-order valence-corrected chi connectivity index (χ2v) is 9.18. The molecule has 8 nitrogen and oxygen atoms in total. The average Bonchev–Trinajstić information content (AvgIpc) is 3.36. The predicted molar refractivity (Wildman–Crippen MR) is 98.8 cm³/mol. The molecule has 144 valence electrons. The minimum absolute atomic E-state index is 0.169. The summed E-state index contributed by atoms with van der Waals surface area (Å²) >= 11 is 0. The Morgan fingerprint density at radius 3 is 2.44 bits per heavy atom. The molecule has 2 heterocycles. The Balaban J connectivity index is 1.54. The van der Waals surface area contributed by atoms with Gasteiger partial charge in [0.2, 0.25) is 15.9 Å². The lowest BCUT2D eigenvalue weighted by atomic mass is 9.96. The summed E-state index contributed by atoms with van der Waals surface area (Å²) in [7, 11) is -3.23. The largest absolute Gasteiger partial charge is 0.340 e. The molecule has 1 saturated carbocycles. The lowest BCUT2D eigenvalue weighted by Gasteiger charge is -2.27. The smallest absolute Gasteiger partial charge is 0.252 e. The number of benzene rings is 1. The van der Waals surface area contributed by atoms with Gasteiger partial charge in [-0.15, -0.1) is 0 Å². The van der Waals surface area contributed by atoms with Gasteiger partial charge in [0, 0.05) is 19.0 Å². The third-order valence-electron chi connectivity index (χ3n) is 5.28. The van der Waals surface area contributed by atoms with Crippen molar-refractivity contribution in [3.63, 3.8) is 0 Å². The maximum Gasteiger partial charge on any atom is 0.252 e. The quantitative estimate of drug-likeness (QED) is 0.857. The number of carbonyl (C=O) groups excluding carboxylic acids is 1. The van der Waals surface area contributed by atoms with Crippen molar-refractivity contribution in [1.82, 2.24) is 15.5 Å². The van der Waals surface area contributed by atoms with E-state index in [2.05, 4.69) is 15.5 Å². The molecular formula is C18H22N4O4S. The SMILES string of the molecule is Cc1nc(C2(NC(=O)c3ccc(N4CCCS4(=O)=O)cc3)CCCC2)no1. The lowest BCUT2D eigenvalue weighted by molar-refractivity contribution is 0.0892. The number of rotatable bonds is 4. The topological polar surface area (TPSA) is 105 Å². The summed E-state index contributed by atoms with van der Waals surface area (Å²) in [6.07, 6.45) is 4.13. The zero-order valence-corrected chi connectivity index (χ0v) is 16.0.